The van der Waals surface area contributed by atoms with Crippen LogP contribution in [0.15, 0.2) is 18.2 Å². The molecule has 2 rings (SSSR count). The zero-order chi connectivity index (χ0) is 13.0. The molecule has 2 N–H and O–H groups in total. The number of hydrogen-bond donors (Lipinski definition) is 1. The van der Waals surface area contributed by atoms with Crippen molar-refractivity contribution in [2.45, 2.75) is 25.9 Å². The lowest BCUT2D eigenvalue weighted by atomic mass is 10.3. The highest BCUT2D eigenvalue weighted by Gasteiger charge is 2.69. The Morgan fingerprint density at radius 2 is 1.76 bits per heavy atom. The standard InChI is InChI=1S/C11H16ClN2O2S/c1-7-8(2)14(7,17(3,15)16)11-5-9(12)4-10(13)6-11/h4-8H,13H2,1-3H3/q+1. The Kier molecular flexibility index (Phi) is 2.69. The first-order valence-electron chi connectivity index (χ1n) is 5.36. The summed E-state index contributed by atoms with van der Waals surface area (Å²) in [5.41, 5.74) is 6.87. The Labute approximate surface area is 107 Å². The van der Waals surface area contributed by atoms with Crippen molar-refractivity contribution in [2.75, 3.05) is 12.0 Å². The molecular formula is C11H16ClN2O2S+. The molecule has 2 unspecified atom stereocenters. The van der Waals surface area contributed by atoms with E-state index in [1.165, 1.54) is 6.26 Å². The van der Waals surface area contributed by atoms with Crippen LogP contribution in [0, 0.1) is 0 Å². The summed E-state index contributed by atoms with van der Waals surface area (Å²) in [7, 11) is -3.25. The van der Waals surface area contributed by atoms with Crippen LogP contribution in [-0.2, 0) is 10.0 Å². The van der Waals surface area contributed by atoms with Crippen molar-refractivity contribution in [2.24, 2.45) is 0 Å². The molecule has 0 saturated carbocycles. The Bertz CT molecular complexity index is 543. The molecular weight excluding hydrogens is 260 g/mol. The van der Waals surface area contributed by atoms with E-state index in [0.29, 0.717) is 16.4 Å². The number of nitrogens with two attached hydrogens (primary N) is 1. The molecule has 1 aromatic rings. The number of quaternary nitrogens is 1. The van der Waals surface area contributed by atoms with Crippen LogP contribution in [0.25, 0.3) is 0 Å². The van der Waals surface area contributed by atoms with Crippen LogP contribution in [0.4, 0.5) is 11.4 Å². The fourth-order valence-corrected chi connectivity index (χ4v) is 4.95. The average Bonchev–Trinajstić information content (AvgIpc) is 2.67. The van der Waals surface area contributed by atoms with Crippen LogP contribution in [0.5, 0.6) is 0 Å². The number of benzene rings is 1. The predicted molar refractivity (Wildman–Crippen MR) is 71.4 cm³/mol. The van der Waals surface area contributed by atoms with Crippen LogP contribution >= 0.6 is 11.6 Å². The van der Waals surface area contributed by atoms with Crippen molar-refractivity contribution in [1.29, 1.82) is 0 Å². The normalized spacial score (nSPS) is 32.5. The Hall–Kier alpha value is -0.780. The third-order valence-electron chi connectivity index (χ3n) is 3.68. The van der Waals surface area contributed by atoms with Crippen LogP contribution in [0.2, 0.25) is 5.02 Å². The summed E-state index contributed by atoms with van der Waals surface area (Å²) in [6.07, 6.45) is 1.25. The number of rotatable bonds is 2. The Morgan fingerprint density at radius 3 is 2.12 bits per heavy atom. The van der Waals surface area contributed by atoms with Gasteiger partial charge in [-0.1, -0.05) is 11.6 Å². The summed E-state index contributed by atoms with van der Waals surface area (Å²) < 4.78 is 24.0. The molecule has 0 aliphatic carbocycles. The Morgan fingerprint density at radius 1 is 1.24 bits per heavy atom. The van der Waals surface area contributed by atoms with Gasteiger partial charge in [-0.15, -0.1) is 0 Å². The summed E-state index contributed by atoms with van der Waals surface area (Å²) in [6.45, 7) is 3.84. The molecule has 1 aliphatic rings. The van der Waals surface area contributed by atoms with E-state index >= 15 is 0 Å². The van der Waals surface area contributed by atoms with E-state index in [9.17, 15) is 8.42 Å². The molecule has 1 aromatic carbocycles. The maximum Gasteiger partial charge on any atom is 0.299 e. The summed E-state index contributed by atoms with van der Waals surface area (Å²) >= 11 is 5.94. The fourth-order valence-electron chi connectivity index (χ4n) is 2.72. The maximum absolute atomic E-state index is 12.0. The fraction of sp³-hybridized carbons (Fsp3) is 0.455. The average molecular weight is 276 g/mol. The lowest BCUT2D eigenvalue weighted by Gasteiger charge is -2.18. The van der Waals surface area contributed by atoms with Crippen LogP contribution < -0.4 is 9.62 Å². The molecule has 94 valence electrons. The molecule has 0 bridgehead atoms. The monoisotopic (exact) mass is 275 g/mol. The third-order valence-corrected chi connectivity index (χ3v) is 5.87. The van der Waals surface area contributed by atoms with Gasteiger partial charge in [-0.25, -0.2) is 0 Å². The number of sulfonamides is 1. The van der Waals surface area contributed by atoms with Gasteiger partial charge in [0.2, 0.25) is 0 Å². The molecule has 0 aromatic heterocycles. The minimum atomic E-state index is -3.25. The summed E-state index contributed by atoms with van der Waals surface area (Å²) in [4.78, 5) is 0. The summed E-state index contributed by atoms with van der Waals surface area (Å²) in [5.74, 6) is 0. The highest BCUT2D eigenvalue weighted by molar-refractivity contribution is 7.90. The number of hydrogen-bond acceptors (Lipinski definition) is 3. The van der Waals surface area contributed by atoms with Crippen molar-refractivity contribution in [3.63, 3.8) is 0 Å². The van der Waals surface area contributed by atoms with Gasteiger partial charge in [0.15, 0.2) is 17.8 Å². The van der Waals surface area contributed by atoms with E-state index in [-0.39, 0.29) is 16.0 Å². The van der Waals surface area contributed by atoms with Gasteiger partial charge in [-0.3, -0.25) is 0 Å². The quantitative estimate of drug-likeness (QED) is 0.510. The molecule has 6 heteroatoms. The zero-order valence-corrected chi connectivity index (χ0v) is 11.6. The van der Waals surface area contributed by atoms with Crippen LogP contribution in [0.3, 0.4) is 0 Å². The first-order valence-corrected chi connectivity index (χ1v) is 7.59. The minimum absolute atomic E-state index is 0.0304. The number of nitrogen functional groups attached to an aromatic ring is 1. The van der Waals surface area contributed by atoms with E-state index < -0.39 is 10.0 Å². The van der Waals surface area contributed by atoms with Gasteiger partial charge in [-0.05, 0) is 19.9 Å². The van der Waals surface area contributed by atoms with Crippen LogP contribution in [0.1, 0.15) is 13.8 Å². The van der Waals surface area contributed by atoms with Crippen molar-refractivity contribution in [3.8, 4) is 0 Å². The summed E-state index contributed by atoms with van der Waals surface area (Å²) in [6, 6.07) is 5.04. The highest BCUT2D eigenvalue weighted by Crippen LogP contribution is 2.49. The van der Waals surface area contributed by atoms with E-state index in [1.807, 2.05) is 13.8 Å². The van der Waals surface area contributed by atoms with Gasteiger partial charge >= 0.3 is 0 Å². The topological polar surface area (TPSA) is 60.2 Å². The van der Waals surface area contributed by atoms with Crippen LogP contribution in [-0.4, -0.2) is 26.8 Å². The third kappa shape index (κ3) is 1.64. The SMILES string of the molecule is CC1C(C)[N+]1(c1cc(N)cc(Cl)c1)S(C)(=O)=O. The molecule has 1 saturated heterocycles. The smallest absolute Gasteiger partial charge is 0.299 e. The first kappa shape index (κ1) is 12.7. The predicted octanol–water partition coefficient (Wildman–Crippen LogP) is 1.98. The van der Waals surface area contributed by atoms with Crippen molar-refractivity contribution in [3.05, 3.63) is 23.2 Å². The molecule has 1 heterocycles. The largest absolute Gasteiger partial charge is 0.399 e. The number of nitrogens with zero attached hydrogens (tertiary/aromatic N) is 1. The van der Waals surface area contributed by atoms with Gasteiger partial charge in [0.1, 0.15) is 0 Å². The van der Waals surface area contributed by atoms with Crippen molar-refractivity contribution in [1.82, 2.24) is 3.89 Å². The molecule has 1 fully saturated rings. The second kappa shape index (κ2) is 3.60. The van der Waals surface area contributed by atoms with E-state index in [4.69, 9.17) is 17.3 Å². The maximum atomic E-state index is 12.0. The molecule has 17 heavy (non-hydrogen) atoms. The lowest BCUT2D eigenvalue weighted by Crippen LogP contribution is -2.37. The van der Waals surface area contributed by atoms with E-state index in [0.717, 1.165) is 0 Å². The molecule has 0 spiro atoms. The van der Waals surface area contributed by atoms with Crippen molar-refractivity contribution >= 4 is 33.0 Å². The molecule has 2 atom stereocenters. The van der Waals surface area contributed by atoms with Gasteiger partial charge in [-0.2, -0.15) is 12.3 Å². The first-order chi connectivity index (χ1) is 7.71. The second-order valence-electron chi connectivity index (χ2n) is 4.67. The Balaban J connectivity index is 2.65. The van der Waals surface area contributed by atoms with Gasteiger partial charge in [0, 0.05) is 22.8 Å². The van der Waals surface area contributed by atoms with E-state index in [2.05, 4.69) is 0 Å². The summed E-state index contributed by atoms with van der Waals surface area (Å²) in [5, 5.41) is 0.465. The van der Waals surface area contributed by atoms with Gasteiger partial charge in [0.25, 0.3) is 10.0 Å². The highest BCUT2D eigenvalue weighted by atomic mass is 35.5. The minimum Gasteiger partial charge on any atom is -0.399 e. The number of halogens is 1. The molecule has 0 radical (unpaired) electrons. The van der Waals surface area contributed by atoms with Gasteiger partial charge < -0.3 is 5.73 Å². The van der Waals surface area contributed by atoms with Gasteiger partial charge in [0.05, 0.1) is 6.26 Å². The molecule has 1 aliphatic heterocycles. The molecule has 0 amide bonds. The van der Waals surface area contributed by atoms with Crippen molar-refractivity contribution < 1.29 is 8.42 Å². The zero-order valence-electron chi connectivity index (χ0n) is 10.0. The number of anilines is 1. The van der Waals surface area contributed by atoms with E-state index in [1.54, 1.807) is 18.2 Å². The second-order valence-corrected chi connectivity index (χ2v) is 7.17. The molecule has 4 nitrogen and oxygen atoms in total. The lowest BCUT2D eigenvalue weighted by molar-refractivity contribution is 0.550.